The highest BCUT2D eigenvalue weighted by Gasteiger charge is 2.37. The number of likely N-dealkylation sites (tertiary alicyclic amines) is 1. The van der Waals surface area contributed by atoms with Crippen molar-refractivity contribution in [1.29, 1.82) is 5.26 Å². The Morgan fingerprint density at radius 3 is 3.00 bits per heavy atom. The molecule has 0 radical (unpaired) electrons. The zero-order chi connectivity index (χ0) is 12.5. The molecule has 4 nitrogen and oxygen atoms in total. The fourth-order valence-electron chi connectivity index (χ4n) is 3.45. The molecule has 0 spiro atoms. The molecule has 0 bridgehead atoms. The molecular formula is C14H17N3O. The summed E-state index contributed by atoms with van der Waals surface area (Å²) in [7, 11) is 0. The normalized spacial score (nSPS) is 26.7. The van der Waals surface area contributed by atoms with Gasteiger partial charge in [0.15, 0.2) is 0 Å². The van der Waals surface area contributed by atoms with Gasteiger partial charge in [-0.2, -0.15) is 5.26 Å². The molecule has 3 rings (SSSR count). The molecule has 2 heterocycles. The molecule has 94 valence electrons. The first-order valence-corrected chi connectivity index (χ1v) is 6.69. The Morgan fingerprint density at radius 2 is 2.22 bits per heavy atom. The van der Waals surface area contributed by atoms with Crippen molar-refractivity contribution in [3.63, 3.8) is 0 Å². The van der Waals surface area contributed by atoms with Crippen molar-refractivity contribution in [1.82, 2.24) is 9.88 Å². The molecule has 1 aromatic rings. The third-order valence-corrected chi connectivity index (χ3v) is 4.30. The molecule has 0 aromatic carbocycles. The van der Waals surface area contributed by atoms with Gasteiger partial charge in [0.05, 0.1) is 5.56 Å². The number of piperidine rings is 1. The van der Waals surface area contributed by atoms with Gasteiger partial charge in [0, 0.05) is 18.8 Å². The Kier molecular flexibility index (Phi) is 2.83. The van der Waals surface area contributed by atoms with Crippen molar-refractivity contribution in [2.75, 3.05) is 6.54 Å². The van der Waals surface area contributed by atoms with Crippen molar-refractivity contribution in [3.8, 4) is 6.07 Å². The second-order valence-corrected chi connectivity index (χ2v) is 5.31. The van der Waals surface area contributed by atoms with Crippen LogP contribution in [0.2, 0.25) is 0 Å². The van der Waals surface area contributed by atoms with E-state index >= 15 is 0 Å². The Hall–Kier alpha value is -1.76. The van der Waals surface area contributed by atoms with E-state index in [1.54, 1.807) is 12.3 Å². The Bertz CT molecular complexity index is 499. The molecule has 4 heteroatoms. The van der Waals surface area contributed by atoms with Crippen LogP contribution in [0, 0.1) is 17.2 Å². The van der Waals surface area contributed by atoms with Gasteiger partial charge in [0.2, 0.25) is 0 Å². The largest absolute Gasteiger partial charge is 0.352 e. The van der Waals surface area contributed by atoms with Gasteiger partial charge in [-0.15, -0.1) is 0 Å². The quantitative estimate of drug-likeness (QED) is 0.822. The molecule has 1 saturated carbocycles. The number of nitriles is 1. The van der Waals surface area contributed by atoms with Gasteiger partial charge in [0.1, 0.15) is 11.8 Å². The standard InChI is InChI=1S/C14H17N3O/c15-8-12-7-11(9-16-12)14(18)17-6-2-4-10-3-1-5-13(10)17/h7,9-10,13,16H,1-6H2. The third kappa shape index (κ3) is 1.80. The lowest BCUT2D eigenvalue weighted by atomic mass is 9.91. The number of fused-ring (bicyclic) bond motifs is 1. The van der Waals surface area contributed by atoms with E-state index in [0.29, 0.717) is 23.2 Å². The summed E-state index contributed by atoms with van der Waals surface area (Å²) in [5.41, 5.74) is 1.08. The summed E-state index contributed by atoms with van der Waals surface area (Å²) < 4.78 is 0. The van der Waals surface area contributed by atoms with Gasteiger partial charge in [-0.1, -0.05) is 6.42 Å². The zero-order valence-electron chi connectivity index (χ0n) is 10.4. The molecule has 2 atom stereocenters. The van der Waals surface area contributed by atoms with Crippen LogP contribution in [-0.4, -0.2) is 28.4 Å². The van der Waals surface area contributed by atoms with Gasteiger partial charge in [-0.3, -0.25) is 4.79 Å². The number of H-pyrrole nitrogens is 1. The Morgan fingerprint density at radius 1 is 1.39 bits per heavy atom. The van der Waals surface area contributed by atoms with E-state index in [0.717, 1.165) is 19.4 Å². The summed E-state index contributed by atoms with van der Waals surface area (Å²) in [4.78, 5) is 17.3. The van der Waals surface area contributed by atoms with Crippen LogP contribution in [-0.2, 0) is 0 Å². The highest BCUT2D eigenvalue weighted by molar-refractivity contribution is 5.94. The van der Waals surface area contributed by atoms with Gasteiger partial charge in [-0.05, 0) is 37.7 Å². The first-order chi connectivity index (χ1) is 8.79. The smallest absolute Gasteiger partial charge is 0.255 e. The number of rotatable bonds is 1. The molecule has 2 aliphatic rings. The monoisotopic (exact) mass is 243 g/mol. The number of carbonyl (C=O) groups excluding carboxylic acids is 1. The summed E-state index contributed by atoms with van der Waals surface area (Å²) >= 11 is 0. The van der Waals surface area contributed by atoms with Crippen molar-refractivity contribution in [3.05, 3.63) is 23.5 Å². The maximum Gasteiger partial charge on any atom is 0.255 e. The van der Waals surface area contributed by atoms with Gasteiger partial charge in [-0.25, -0.2) is 0 Å². The maximum atomic E-state index is 12.5. The molecular weight excluding hydrogens is 226 g/mol. The molecule has 1 N–H and O–H groups in total. The van der Waals surface area contributed by atoms with Crippen LogP contribution in [0.3, 0.4) is 0 Å². The van der Waals surface area contributed by atoms with Crippen LogP contribution in [0.5, 0.6) is 0 Å². The highest BCUT2D eigenvalue weighted by atomic mass is 16.2. The summed E-state index contributed by atoms with van der Waals surface area (Å²) in [6, 6.07) is 4.12. The van der Waals surface area contributed by atoms with E-state index < -0.39 is 0 Å². The summed E-state index contributed by atoms with van der Waals surface area (Å²) in [5.74, 6) is 0.793. The van der Waals surface area contributed by atoms with Crippen molar-refractivity contribution < 1.29 is 4.79 Å². The minimum Gasteiger partial charge on any atom is -0.352 e. The second-order valence-electron chi connectivity index (χ2n) is 5.31. The SMILES string of the molecule is N#Cc1cc(C(=O)N2CCCC3CCCC32)c[nH]1. The molecule has 1 amide bonds. The van der Waals surface area contributed by atoms with Crippen LogP contribution in [0.4, 0.5) is 0 Å². The van der Waals surface area contributed by atoms with Crippen molar-refractivity contribution >= 4 is 5.91 Å². The van der Waals surface area contributed by atoms with E-state index in [-0.39, 0.29) is 5.91 Å². The molecule has 1 saturated heterocycles. The topological polar surface area (TPSA) is 59.9 Å². The highest BCUT2D eigenvalue weighted by Crippen LogP contribution is 2.37. The average Bonchev–Trinajstić information content (AvgIpc) is 3.05. The van der Waals surface area contributed by atoms with E-state index in [1.165, 1.54) is 19.3 Å². The number of aromatic amines is 1. The summed E-state index contributed by atoms with van der Waals surface area (Å²) in [6.45, 7) is 0.868. The van der Waals surface area contributed by atoms with E-state index in [4.69, 9.17) is 5.26 Å². The summed E-state index contributed by atoms with van der Waals surface area (Å²) in [5, 5.41) is 8.79. The number of nitrogens with zero attached hydrogens (tertiary/aromatic N) is 2. The zero-order valence-corrected chi connectivity index (χ0v) is 10.4. The minimum absolute atomic E-state index is 0.0874. The van der Waals surface area contributed by atoms with Gasteiger partial charge in [0.25, 0.3) is 5.91 Å². The lowest BCUT2D eigenvalue weighted by molar-refractivity contribution is 0.0548. The molecule has 2 unspecified atom stereocenters. The molecule has 1 aromatic heterocycles. The second kappa shape index (κ2) is 4.49. The number of carbonyl (C=O) groups is 1. The number of hydrogen-bond acceptors (Lipinski definition) is 2. The molecule has 1 aliphatic carbocycles. The predicted octanol–water partition coefficient (Wildman–Crippen LogP) is 2.29. The maximum absolute atomic E-state index is 12.5. The molecule has 1 aliphatic heterocycles. The predicted molar refractivity (Wildman–Crippen MR) is 66.9 cm³/mol. The van der Waals surface area contributed by atoms with Crippen LogP contribution >= 0.6 is 0 Å². The Labute approximate surface area is 107 Å². The van der Waals surface area contributed by atoms with E-state index in [9.17, 15) is 4.79 Å². The van der Waals surface area contributed by atoms with Crippen molar-refractivity contribution in [2.45, 2.75) is 38.1 Å². The summed E-state index contributed by atoms with van der Waals surface area (Å²) in [6.07, 6.45) is 7.69. The van der Waals surface area contributed by atoms with E-state index in [1.807, 2.05) is 11.0 Å². The lowest BCUT2D eigenvalue weighted by Gasteiger charge is -2.37. The number of hydrogen-bond donors (Lipinski definition) is 1. The first-order valence-electron chi connectivity index (χ1n) is 6.69. The van der Waals surface area contributed by atoms with Gasteiger partial charge >= 0.3 is 0 Å². The van der Waals surface area contributed by atoms with Gasteiger partial charge < -0.3 is 9.88 Å². The minimum atomic E-state index is 0.0874. The van der Waals surface area contributed by atoms with Crippen molar-refractivity contribution in [2.24, 2.45) is 5.92 Å². The van der Waals surface area contributed by atoms with Crippen LogP contribution in [0.25, 0.3) is 0 Å². The third-order valence-electron chi connectivity index (χ3n) is 4.30. The lowest BCUT2D eigenvalue weighted by Crippen LogP contribution is -2.46. The average molecular weight is 243 g/mol. The number of amides is 1. The van der Waals surface area contributed by atoms with Crippen LogP contribution < -0.4 is 0 Å². The molecule has 18 heavy (non-hydrogen) atoms. The molecule has 2 fully saturated rings. The number of aromatic nitrogens is 1. The van der Waals surface area contributed by atoms with E-state index in [2.05, 4.69) is 4.98 Å². The van der Waals surface area contributed by atoms with Crippen LogP contribution in [0.15, 0.2) is 12.3 Å². The number of nitrogens with one attached hydrogen (secondary N) is 1. The fourth-order valence-corrected chi connectivity index (χ4v) is 3.45. The fraction of sp³-hybridized carbons (Fsp3) is 0.571. The Balaban J connectivity index is 1.81. The van der Waals surface area contributed by atoms with Crippen LogP contribution in [0.1, 0.15) is 48.2 Å². The first kappa shape index (κ1) is 11.3.